The molecule has 2 heterocycles. The van der Waals surface area contributed by atoms with E-state index in [1.165, 1.54) is 0 Å². The zero-order valence-corrected chi connectivity index (χ0v) is 19.4. The van der Waals surface area contributed by atoms with E-state index in [1.807, 2.05) is 24.3 Å². The molecule has 5 atom stereocenters. The number of nitrogens with zero attached hydrogens (tertiary/aromatic N) is 1. The number of hydrogen-bond donors (Lipinski definition) is 4. The maximum absolute atomic E-state index is 13.5. The molecule has 1 aromatic heterocycles. The predicted molar refractivity (Wildman–Crippen MR) is 126 cm³/mol. The van der Waals surface area contributed by atoms with Gasteiger partial charge in [0.2, 0.25) is 11.8 Å². The summed E-state index contributed by atoms with van der Waals surface area (Å²) < 4.78 is 5.38. The van der Waals surface area contributed by atoms with Gasteiger partial charge in [-0.2, -0.15) is 5.26 Å². The quantitative estimate of drug-likeness (QED) is 0.455. The highest BCUT2D eigenvalue weighted by Crippen LogP contribution is 2.55. The molecule has 3 fully saturated rings. The Morgan fingerprint density at radius 2 is 2.17 bits per heavy atom. The van der Waals surface area contributed by atoms with Gasteiger partial charge in [0.05, 0.1) is 19.1 Å². The number of carbonyl (C=O) groups is 3. The van der Waals surface area contributed by atoms with Crippen LogP contribution in [0.2, 0.25) is 0 Å². The van der Waals surface area contributed by atoms with E-state index in [0.717, 1.165) is 29.3 Å². The van der Waals surface area contributed by atoms with E-state index in [-0.39, 0.29) is 29.6 Å². The highest BCUT2D eigenvalue weighted by molar-refractivity contribution is 6.01. The van der Waals surface area contributed by atoms with Gasteiger partial charge in [-0.25, -0.2) is 0 Å². The average molecular weight is 474 g/mol. The van der Waals surface area contributed by atoms with Crippen molar-refractivity contribution < 1.29 is 19.1 Å². The Morgan fingerprint density at radius 1 is 1.34 bits per heavy atom. The monoisotopic (exact) mass is 473 g/mol. The third-order valence-corrected chi connectivity index (χ3v) is 8.10. The molecule has 180 valence electrons. The van der Waals surface area contributed by atoms with Crippen LogP contribution in [0.5, 0.6) is 5.75 Å². The SMILES string of the molecule is COc1cccc2[nH]c(C(=O)NC(CC3CC3)C(=O)NC3(C#N)C4=CC5CNC(=O)C5C3C4)cc12. The maximum atomic E-state index is 13.5. The average Bonchev–Trinajstić information content (AvgIpc) is 3.44. The van der Waals surface area contributed by atoms with E-state index in [4.69, 9.17) is 4.74 Å². The summed E-state index contributed by atoms with van der Waals surface area (Å²) in [6, 6.07) is 8.76. The van der Waals surface area contributed by atoms with E-state index in [9.17, 15) is 19.6 Å². The number of hydrogen-bond acceptors (Lipinski definition) is 5. The molecule has 0 radical (unpaired) electrons. The molecule has 5 unspecified atom stereocenters. The molecular formula is C26H27N5O4. The van der Waals surface area contributed by atoms with Crippen LogP contribution in [0.4, 0.5) is 0 Å². The van der Waals surface area contributed by atoms with Crippen LogP contribution < -0.4 is 20.7 Å². The van der Waals surface area contributed by atoms with Crippen LogP contribution >= 0.6 is 0 Å². The minimum absolute atomic E-state index is 0.0547. The standard InChI is InChI=1S/C26H27N5O4/c1-35-21-4-2-3-18-16(21)10-20(29-18)23(32)30-19(7-13-5-6-13)24(33)31-26(12-27)15-8-14-11-28-25(34)22(14)17(26)9-15/h2-4,8,10,13-14,17,19,22,29H,5-7,9,11H2,1H3,(H,28,34)(H,30,32)(H,31,33). The summed E-state index contributed by atoms with van der Waals surface area (Å²) in [4.78, 5) is 42.1. The predicted octanol–water partition coefficient (Wildman–Crippen LogP) is 1.78. The molecular weight excluding hydrogens is 446 g/mol. The van der Waals surface area contributed by atoms with Crippen molar-refractivity contribution in [3.05, 3.63) is 41.6 Å². The van der Waals surface area contributed by atoms with Crippen molar-refractivity contribution in [2.75, 3.05) is 13.7 Å². The van der Waals surface area contributed by atoms with Gasteiger partial charge in [-0.05, 0) is 42.5 Å². The Labute approximate surface area is 202 Å². The number of methoxy groups -OCH3 is 1. The van der Waals surface area contributed by atoms with Crippen molar-refractivity contribution in [3.8, 4) is 11.8 Å². The van der Waals surface area contributed by atoms with Crippen LogP contribution in [0.3, 0.4) is 0 Å². The van der Waals surface area contributed by atoms with Gasteiger partial charge in [-0.15, -0.1) is 0 Å². The van der Waals surface area contributed by atoms with Crippen LogP contribution in [0, 0.1) is 35.0 Å². The zero-order chi connectivity index (χ0) is 24.3. The number of aromatic nitrogens is 1. The molecule has 3 amide bonds. The lowest BCUT2D eigenvalue weighted by atomic mass is 9.52. The molecule has 6 rings (SSSR count). The van der Waals surface area contributed by atoms with Crippen molar-refractivity contribution in [1.82, 2.24) is 20.9 Å². The van der Waals surface area contributed by atoms with E-state index in [1.54, 1.807) is 13.2 Å². The molecule has 2 aromatic rings. The van der Waals surface area contributed by atoms with Gasteiger partial charge in [-0.1, -0.05) is 25.0 Å². The molecule has 9 heteroatoms. The molecule has 2 saturated carbocycles. The van der Waals surface area contributed by atoms with Crippen molar-refractivity contribution in [1.29, 1.82) is 5.26 Å². The Hall–Kier alpha value is -3.80. The van der Waals surface area contributed by atoms with Crippen molar-refractivity contribution in [2.24, 2.45) is 23.7 Å². The number of aromatic amines is 1. The largest absolute Gasteiger partial charge is 0.496 e. The van der Waals surface area contributed by atoms with Crippen LogP contribution in [0.25, 0.3) is 10.9 Å². The first-order valence-electron chi connectivity index (χ1n) is 12.1. The summed E-state index contributed by atoms with van der Waals surface area (Å²) in [7, 11) is 1.57. The van der Waals surface area contributed by atoms with Gasteiger partial charge in [0, 0.05) is 29.3 Å². The summed E-state index contributed by atoms with van der Waals surface area (Å²) in [5.74, 6) is -0.271. The smallest absolute Gasteiger partial charge is 0.268 e. The lowest BCUT2D eigenvalue weighted by Crippen LogP contribution is -2.68. The molecule has 2 bridgehead atoms. The summed E-state index contributed by atoms with van der Waals surface area (Å²) in [6.07, 6.45) is 5.17. The summed E-state index contributed by atoms with van der Waals surface area (Å²) >= 11 is 0. The maximum Gasteiger partial charge on any atom is 0.268 e. The van der Waals surface area contributed by atoms with Crippen molar-refractivity contribution in [3.63, 3.8) is 0 Å². The van der Waals surface area contributed by atoms with Gasteiger partial charge < -0.3 is 25.7 Å². The minimum Gasteiger partial charge on any atom is -0.496 e. The molecule has 4 aliphatic rings. The number of nitriles is 1. The Kier molecular flexibility index (Phi) is 4.88. The summed E-state index contributed by atoms with van der Waals surface area (Å²) in [6.45, 7) is 0.578. The molecule has 35 heavy (non-hydrogen) atoms. The van der Waals surface area contributed by atoms with Crippen LogP contribution in [0.15, 0.2) is 35.9 Å². The van der Waals surface area contributed by atoms with Gasteiger partial charge in [0.15, 0.2) is 5.54 Å². The van der Waals surface area contributed by atoms with Crippen molar-refractivity contribution in [2.45, 2.75) is 37.3 Å². The third-order valence-electron chi connectivity index (χ3n) is 8.10. The number of rotatable bonds is 7. The molecule has 0 spiro atoms. The van der Waals surface area contributed by atoms with Gasteiger partial charge in [-0.3, -0.25) is 14.4 Å². The normalized spacial score (nSPS) is 29.2. The molecule has 1 saturated heterocycles. The highest BCUT2D eigenvalue weighted by Gasteiger charge is 2.63. The molecule has 1 aliphatic heterocycles. The van der Waals surface area contributed by atoms with Gasteiger partial charge in [0.25, 0.3) is 5.91 Å². The van der Waals surface area contributed by atoms with Gasteiger partial charge in [0.1, 0.15) is 17.5 Å². The number of ether oxygens (including phenoxy) is 1. The fourth-order valence-corrected chi connectivity index (χ4v) is 6.03. The Balaban J connectivity index is 1.23. The lowest BCUT2D eigenvalue weighted by molar-refractivity contribution is -0.130. The van der Waals surface area contributed by atoms with E-state index < -0.39 is 17.5 Å². The fourth-order valence-electron chi connectivity index (χ4n) is 6.03. The first-order valence-corrected chi connectivity index (χ1v) is 12.1. The van der Waals surface area contributed by atoms with Crippen LogP contribution in [0.1, 0.15) is 36.2 Å². The number of nitrogens with one attached hydrogen (secondary N) is 4. The summed E-state index contributed by atoms with van der Waals surface area (Å²) in [5, 5.41) is 19.6. The number of fused-ring (bicyclic) bond motifs is 5. The fraction of sp³-hybridized carbons (Fsp3) is 0.462. The molecule has 4 N–H and O–H groups in total. The second kappa shape index (κ2) is 7.87. The highest BCUT2D eigenvalue weighted by atomic mass is 16.5. The Bertz CT molecular complexity index is 1320. The molecule has 1 aromatic carbocycles. The van der Waals surface area contributed by atoms with Crippen LogP contribution in [-0.2, 0) is 9.59 Å². The van der Waals surface area contributed by atoms with E-state index in [0.29, 0.717) is 36.7 Å². The van der Waals surface area contributed by atoms with Gasteiger partial charge >= 0.3 is 0 Å². The van der Waals surface area contributed by atoms with E-state index >= 15 is 0 Å². The number of benzene rings is 1. The third kappa shape index (κ3) is 3.39. The zero-order valence-electron chi connectivity index (χ0n) is 19.4. The minimum atomic E-state index is -1.18. The second-order valence-corrected chi connectivity index (χ2v) is 10.2. The number of carbonyl (C=O) groups excluding carboxylic acids is 3. The topological polar surface area (TPSA) is 136 Å². The number of H-pyrrole nitrogens is 1. The number of amides is 3. The lowest BCUT2D eigenvalue weighted by Gasteiger charge is -2.54. The summed E-state index contributed by atoms with van der Waals surface area (Å²) in [5.41, 5.74) is 0.790. The van der Waals surface area contributed by atoms with Crippen LogP contribution in [-0.4, -0.2) is 47.9 Å². The molecule has 9 nitrogen and oxygen atoms in total. The Morgan fingerprint density at radius 3 is 2.91 bits per heavy atom. The molecule has 3 aliphatic carbocycles. The van der Waals surface area contributed by atoms with Crippen molar-refractivity contribution >= 4 is 28.6 Å². The van der Waals surface area contributed by atoms with E-state index in [2.05, 4.69) is 27.0 Å². The first-order chi connectivity index (χ1) is 16.9. The first kappa shape index (κ1) is 21.7. The second-order valence-electron chi connectivity index (χ2n) is 10.2.